The van der Waals surface area contributed by atoms with E-state index in [1.54, 1.807) is 11.0 Å². The van der Waals surface area contributed by atoms with Crippen LogP contribution in [0.25, 0.3) is 11.4 Å². The monoisotopic (exact) mass is 243 g/mol. The molecule has 0 bridgehead atoms. The maximum absolute atomic E-state index is 10.3. The fraction of sp³-hybridized carbons (Fsp3) is 0.154. The minimum atomic E-state index is -0.964. The van der Waals surface area contributed by atoms with Crippen LogP contribution in [0.3, 0.4) is 0 Å². The van der Waals surface area contributed by atoms with Gasteiger partial charge in [0, 0.05) is 11.6 Å². The highest BCUT2D eigenvalue weighted by Crippen LogP contribution is 2.15. The molecule has 1 aromatic carbocycles. The average Bonchev–Trinajstić information content (AvgIpc) is 2.77. The van der Waals surface area contributed by atoms with E-state index in [1.165, 1.54) is 6.08 Å². The fourth-order valence-electron chi connectivity index (χ4n) is 1.56. The van der Waals surface area contributed by atoms with Crippen LogP contribution in [0.1, 0.15) is 5.56 Å². The molecule has 0 amide bonds. The van der Waals surface area contributed by atoms with Crippen LogP contribution in [0.5, 0.6) is 0 Å². The van der Waals surface area contributed by atoms with Crippen LogP contribution in [0, 0.1) is 6.92 Å². The Morgan fingerprint density at radius 3 is 3.06 bits per heavy atom. The van der Waals surface area contributed by atoms with Crippen molar-refractivity contribution in [3.63, 3.8) is 0 Å². The molecule has 0 radical (unpaired) electrons. The smallest absolute Gasteiger partial charge is 0.328 e. The molecule has 0 saturated carbocycles. The lowest BCUT2D eigenvalue weighted by Crippen LogP contribution is -1.97. The number of hydrogen-bond donors (Lipinski definition) is 1. The molecule has 0 aliphatic heterocycles. The zero-order valence-corrected chi connectivity index (χ0v) is 9.95. The molecule has 0 unspecified atom stereocenters. The number of benzene rings is 1. The zero-order chi connectivity index (χ0) is 13.0. The van der Waals surface area contributed by atoms with Crippen molar-refractivity contribution in [1.29, 1.82) is 0 Å². The van der Waals surface area contributed by atoms with Crippen LogP contribution in [-0.4, -0.2) is 25.8 Å². The van der Waals surface area contributed by atoms with E-state index in [9.17, 15) is 4.79 Å². The first-order valence-corrected chi connectivity index (χ1v) is 5.51. The molecule has 0 fully saturated rings. The first-order chi connectivity index (χ1) is 8.65. The summed E-state index contributed by atoms with van der Waals surface area (Å²) in [5, 5.41) is 12.8. The van der Waals surface area contributed by atoms with Gasteiger partial charge in [-0.15, -0.1) is 0 Å². The van der Waals surface area contributed by atoms with E-state index in [2.05, 4.69) is 10.1 Å². The number of aryl methyl sites for hydroxylation is 1. The van der Waals surface area contributed by atoms with Gasteiger partial charge in [-0.05, 0) is 13.0 Å². The lowest BCUT2D eigenvalue weighted by Gasteiger charge is -1.97. The molecule has 92 valence electrons. The van der Waals surface area contributed by atoms with Crippen LogP contribution in [-0.2, 0) is 11.3 Å². The molecule has 1 N–H and O–H groups in total. The van der Waals surface area contributed by atoms with Crippen LogP contribution in [0.15, 0.2) is 42.7 Å². The Kier molecular flexibility index (Phi) is 3.52. The number of hydrogen-bond acceptors (Lipinski definition) is 3. The molecule has 18 heavy (non-hydrogen) atoms. The first kappa shape index (κ1) is 12.0. The van der Waals surface area contributed by atoms with E-state index in [-0.39, 0.29) is 0 Å². The van der Waals surface area contributed by atoms with Crippen molar-refractivity contribution in [2.24, 2.45) is 0 Å². The number of allylic oxidation sites excluding steroid dienone is 1. The van der Waals surface area contributed by atoms with E-state index >= 15 is 0 Å². The summed E-state index contributed by atoms with van der Waals surface area (Å²) in [5.74, 6) is -0.323. The van der Waals surface area contributed by atoms with Gasteiger partial charge in [0.1, 0.15) is 6.33 Å². The molecule has 5 nitrogen and oxygen atoms in total. The molecular weight excluding hydrogens is 230 g/mol. The number of rotatable bonds is 4. The van der Waals surface area contributed by atoms with Crippen molar-refractivity contribution >= 4 is 5.97 Å². The molecule has 1 heterocycles. The van der Waals surface area contributed by atoms with E-state index < -0.39 is 5.97 Å². The van der Waals surface area contributed by atoms with Crippen molar-refractivity contribution in [2.75, 3.05) is 0 Å². The second-order valence-corrected chi connectivity index (χ2v) is 3.90. The topological polar surface area (TPSA) is 68.0 Å². The van der Waals surface area contributed by atoms with Gasteiger partial charge < -0.3 is 5.11 Å². The average molecular weight is 243 g/mol. The molecule has 5 heteroatoms. The molecule has 0 saturated heterocycles. The largest absolute Gasteiger partial charge is 0.478 e. The normalized spacial score (nSPS) is 10.9. The van der Waals surface area contributed by atoms with Crippen molar-refractivity contribution in [1.82, 2.24) is 14.8 Å². The summed E-state index contributed by atoms with van der Waals surface area (Å²) in [4.78, 5) is 14.5. The Balaban J connectivity index is 2.13. The summed E-state index contributed by atoms with van der Waals surface area (Å²) in [6.45, 7) is 2.40. The molecule has 2 rings (SSSR count). The molecular formula is C13H13N3O2. The maximum atomic E-state index is 10.3. The van der Waals surface area contributed by atoms with Crippen LogP contribution >= 0.6 is 0 Å². The van der Waals surface area contributed by atoms with E-state index in [4.69, 9.17) is 5.11 Å². The second kappa shape index (κ2) is 5.27. The number of aromatic nitrogens is 3. The molecule has 1 aromatic heterocycles. The van der Waals surface area contributed by atoms with E-state index in [0.29, 0.717) is 12.4 Å². The Morgan fingerprint density at radius 2 is 2.33 bits per heavy atom. The van der Waals surface area contributed by atoms with E-state index in [1.807, 2.05) is 31.2 Å². The molecule has 2 aromatic rings. The van der Waals surface area contributed by atoms with Gasteiger partial charge in [0.2, 0.25) is 0 Å². The van der Waals surface area contributed by atoms with Crippen molar-refractivity contribution in [3.8, 4) is 11.4 Å². The predicted octanol–water partition coefficient (Wildman–Crippen LogP) is 1.89. The fourth-order valence-corrected chi connectivity index (χ4v) is 1.56. The Bertz CT molecular complexity index is 587. The van der Waals surface area contributed by atoms with Gasteiger partial charge in [0.25, 0.3) is 0 Å². The number of carboxylic acid groups (broad SMARTS) is 1. The maximum Gasteiger partial charge on any atom is 0.328 e. The quantitative estimate of drug-likeness (QED) is 0.833. The van der Waals surface area contributed by atoms with Gasteiger partial charge in [-0.25, -0.2) is 14.5 Å². The highest BCUT2D eigenvalue weighted by Gasteiger charge is 2.03. The molecule has 0 spiro atoms. The number of carboxylic acids is 1. The Labute approximate surface area is 104 Å². The highest BCUT2D eigenvalue weighted by atomic mass is 16.4. The number of aliphatic carboxylic acids is 1. The lowest BCUT2D eigenvalue weighted by molar-refractivity contribution is -0.131. The van der Waals surface area contributed by atoms with Gasteiger partial charge in [-0.2, -0.15) is 5.10 Å². The summed E-state index contributed by atoms with van der Waals surface area (Å²) in [6.07, 6.45) is 4.20. The van der Waals surface area contributed by atoms with Gasteiger partial charge in [-0.3, -0.25) is 0 Å². The SMILES string of the molecule is Cc1cccc(-c2ncn(C/C=C/C(=O)O)n2)c1. The summed E-state index contributed by atoms with van der Waals surface area (Å²) < 4.78 is 1.59. The molecule has 0 atom stereocenters. The summed E-state index contributed by atoms with van der Waals surface area (Å²) in [5.41, 5.74) is 2.10. The van der Waals surface area contributed by atoms with Crippen LogP contribution in [0.2, 0.25) is 0 Å². The summed E-state index contributed by atoms with van der Waals surface area (Å²) in [6, 6.07) is 7.91. The van der Waals surface area contributed by atoms with E-state index in [0.717, 1.165) is 17.2 Å². The lowest BCUT2D eigenvalue weighted by atomic mass is 10.1. The Morgan fingerprint density at radius 1 is 1.50 bits per heavy atom. The van der Waals surface area contributed by atoms with Crippen molar-refractivity contribution in [3.05, 3.63) is 48.3 Å². The van der Waals surface area contributed by atoms with Crippen molar-refractivity contribution in [2.45, 2.75) is 13.5 Å². The zero-order valence-electron chi connectivity index (χ0n) is 9.95. The van der Waals surface area contributed by atoms with Crippen LogP contribution in [0.4, 0.5) is 0 Å². The third-order valence-corrected chi connectivity index (χ3v) is 2.37. The van der Waals surface area contributed by atoms with Gasteiger partial charge in [0.05, 0.1) is 6.54 Å². The summed E-state index contributed by atoms with van der Waals surface area (Å²) in [7, 11) is 0. The standard InChI is InChI=1S/C13H13N3O2/c1-10-4-2-5-11(8-10)13-14-9-16(15-13)7-3-6-12(17)18/h2-6,8-9H,7H2,1H3,(H,17,18)/b6-3+. The van der Waals surface area contributed by atoms with Crippen LogP contribution < -0.4 is 0 Å². The second-order valence-electron chi connectivity index (χ2n) is 3.90. The third kappa shape index (κ3) is 3.04. The van der Waals surface area contributed by atoms with Crippen molar-refractivity contribution < 1.29 is 9.90 Å². The highest BCUT2D eigenvalue weighted by molar-refractivity contribution is 5.79. The third-order valence-electron chi connectivity index (χ3n) is 2.37. The van der Waals surface area contributed by atoms with Gasteiger partial charge in [-0.1, -0.05) is 29.8 Å². The Hall–Kier alpha value is -2.43. The number of nitrogens with zero attached hydrogens (tertiary/aromatic N) is 3. The summed E-state index contributed by atoms with van der Waals surface area (Å²) >= 11 is 0. The predicted molar refractivity (Wildman–Crippen MR) is 67.0 cm³/mol. The first-order valence-electron chi connectivity index (χ1n) is 5.51. The minimum absolute atomic E-state index is 0.394. The molecule has 0 aliphatic carbocycles. The molecule has 0 aliphatic rings. The minimum Gasteiger partial charge on any atom is -0.478 e. The number of carbonyl (C=O) groups is 1. The van der Waals surface area contributed by atoms with Gasteiger partial charge in [0.15, 0.2) is 5.82 Å². The van der Waals surface area contributed by atoms with Gasteiger partial charge >= 0.3 is 5.97 Å².